The van der Waals surface area contributed by atoms with E-state index in [1.807, 2.05) is 11.8 Å². The van der Waals surface area contributed by atoms with Crippen LogP contribution in [0.15, 0.2) is 18.2 Å². The minimum Gasteiger partial charge on any atom is -0.496 e. The number of halogens is 1. The van der Waals surface area contributed by atoms with Crippen molar-refractivity contribution in [3.8, 4) is 5.75 Å². The van der Waals surface area contributed by atoms with Gasteiger partial charge in [-0.1, -0.05) is 0 Å². The topological polar surface area (TPSA) is 21.3 Å². The van der Waals surface area contributed by atoms with E-state index in [9.17, 15) is 4.39 Å². The monoisotopic (exact) mass is 241 g/mol. The molecule has 1 N–H and O–H groups in total. The summed E-state index contributed by atoms with van der Waals surface area (Å²) in [7, 11) is 1.62. The van der Waals surface area contributed by atoms with E-state index in [-0.39, 0.29) is 5.82 Å². The lowest BCUT2D eigenvalue weighted by atomic mass is 10.1. The summed E-state index contributed by atoms with van der Waals surface area (Å²) in [6.45, 7) is 1.03. The van der Waals surface area contributed by atoms with Crippen molar-refractivity contribution < 1.29 is 9.13 Å². The minimum absolute atomic E-state index is 0.195. The second kappa shape index (κ2) is 5.55. The van der Waals surface area contributed by atoms with E-state index in [4.69, 9.17) is 4.74 Å². The number of thioether (sulfide) groups is 1. The largest absolute Gasteiger partial charge is 0.496 e. The maximum absolute atomic E-state index is 13.2. The highest BCUT2D eigenvalue weighted by Crippen LogP contribution is 2.22. The van der Waals surface area contributed by atoms with Crippen molar-refractivity contribution >= 4 is 11.8 Å². The fraction of sp³-hybridized carbons (Fsp3) is 0.500. The Morgan fingerprint density at radius 3 is 3.12 bits per heavy atom. The lowest BCUT2D eigenvalue weighted by molar-refractivity contribution is 0.405. The molecule has 2 rings (SSSR count). The molecule has 0 amide bonds. The molecule has 1 heterocycles. The molecule has 1 unspecified atom stereocenters. The van der Waals surface area contributed by atoms with Crippen LogP contribution in [0.3, 0.4) is 0 Å². The molecule has 1 aliphatic rings. The van der Waals surface area contributed by atoms with Gasteiger partial charge in [-0.15, -0.1) is 0 Å². The van der Waals surface area contributed by atoms with Gasteiger partial charge in [0.25, 0.3) is 0 Å². The van der Waals surface area contributed by atoms with Crippen molar-refractivity contribution in [3.05, 3.63) is 29.6 Å². The lowest BCUT2D eigenvalue weighted by Gasteiger charge is -2.23. The molecule has 0 spiro atoms. The average Bonchev–Trinajstić information content (AvgIpc) is 2.31. The maximum atomic E-state index is 13.2. The highest BCUT2D eigenvalue weighted by Gasteiger charge is 2.15. The van der Waals surface area contributed by atoms with Crippen molar-refractivity contribution in [2.45, 2.75) is 12.5 Å². The molecule has 1 aromatic rings. The van der Waals surface area contributed by atoms with Gasteiger partial charge in [-0.05, 0) is 30.2 Å². The number of hydrogen-bond donors (Lipinski definition) is 1. The van der Waals surface area contributed by atoms with E-state index in [2.05, 4.69) is 5.32 Å². The van der Waals surface area contributed by atoms with Crippen LogP contribution >= 0.6 is 11.8 Å². The Kier molecular flexibility index (Phi) is 4.07. The molecule has 0 aromatic heterocycles. The number of benzene rings is 1. The van der Waals surface area contributed by atoms with Gasteiger partial charge in [0.1, 0.15) is 11.6 Å². The van der Waals surface area contributed by atoms with E-state index in [1.54, 1.807) is 19.2 Å². The molecular weight excluding hydrogens is 225 g/mol. The van der Waals surface area contributed by atoms with Gasteiger partial charge in [-0.2, -0.15) is 11.8 Å². The Labute approximate surface area is 99.6 Å². The zero-order valence-corrected chi connectivity index (χ0v) is 10.1. The average molecular weight is 241 g/mol. The minimum atomic E-state index is -0.195. The zero-order chi connectivity index (χ0) is 11.4. The highest BCUT2D eigenvalue weighted by molar-refractivity contribution is 7.99. The van der Waals surface area contributed by atoms with Crippen LogP contribution in [0.2, 0.25) is 0 Å². The number of rotatable bonds is 3. The third kappa shape index (κ3) is 2.89. The molecule has 1 aromatic carbocycles. The second-order valence-corrected chi connectivity index (χ2v) is 5.04. The smallest absolute Gasteiger partial charge is 0.123 e. The molecule has 88 valence electrons. The van der Waals surface area contributed by atoms with E-state index >= 15 is 0 Å². The third-order valence-corrected chi connectivity index (χ3v) is 3.84. The maximum Gasteiger partial charge on any atom is 0.123 e. The predicted molar refractivity (Wildman–Crippen MR) is 65.8 cm³/mol. The summed E-state index contributed by atoms with van der Waals surface area (Å²) in [6.07, 6.45) is 0.827. The van der Waals surface area contributed by atoms with E-state index < -0.39 is 0 Å². The van der Waals surface area contributed by atoms with Gasteiger partial charge in [0.2, 0.25) is 0 Å². The normalized spacial score (nSPS) is 20.8. The van der Waals surface area contributed by atoms with Gasteiger partial charge < -0.3 is 10.1 Å². The van der Waals surface area contributed by atoms with Crippen molar-refractivity contribution in [2.75, 3.05) is 25.2 Å². The molecule has 1 aliphatic heterocycles. The van der Waals surface area contributed by atoms with Gasteiger partial charge in [-0.3, -0.25) is 0 Å². The van der Waals surface area contributed by atoms with Crippen LogP contribution in [0.25, 0.3) is 0 Å². The first-order valence-electron chi connectivity index (χ1n) is 5.43. The summed E-state index contributed by atoms with van der Waals surface area (Å²) in [5, 5.41) is 3.44. The van der Waals surface area contributed by atoms with Crippen LogP contribution in [0.1, 0.15) is 5.56 Å². The van der Waals surface area contributed by atoms with E-state index in [0.717, 1.165) is 35.8 Å². The van der Waals surface area contributed by atoms with Gasteiger partial charge in [-0.25, -0.2) is 4.39 Å². The van der Waals surface area contributed by atoms with Crippen LogP contribution in [0, 0.1) is 5.82 Å². The van der Waals surface area contributed by atoms with Crippen molar-refractivity contribution in [1.82, 2.24) is 5.32 Å². The molecule has 1 fully saturated rings. The second-order valence-electron chi connectivity index (χ2n) is 3.89. The van der Waals surface area contributed by atoms with Crippen molar-refractivity contribution in [3.63, 3.8) is 0 Å². The molecule has 16 heavy (non-hydrogen) atoms. The standard InChI is InChI=1S/C12H16FNOS/c1-15-12-3-2-10(13)6-9(12)7-11-8-16-5-4-14-11/h2-3,6,11,14H,4-5,7-8H2,1H3. The molecule has 0 aliphatic carbocycles. The van der Waals surface area contributed by atoms with Gasteiger partial charge >= 0.3 is 0 Å². The van der Waals surface area contributed by atoms with Crippen LogP contribution < -0.4 is 10.1 Å². The van der Waals surface area contributed by atoms with Crippen LogP contribution in [0.4, 0.5) is 4.39 Å². The molecule has 0 radical (unpaired) electrons. The first-order valence-corrected chi connectivity index (χ1v) is 6.58. The number of ether oxygens (including phenoxy) is 1. The Morgan fingerprint density at radius 1 is 1.56 bits per heavy atom. The zero-order valence-electron chi connectivity index (χ0n) is 9.33. The molecular formula is C12H16FNOS. The van der Waals surface area contributed by atoms with E-state index in [1.165, 1.54) is 6.07 Å². The summed E-state index contributed by atoms with van der Waals surface area (Å²) in [5.74, 6) is 2.83. The lowest BCUT2D eigenvalue weighted by Crippen LogP contribution is -2.38. The molecule has 0 saturated carbocycles. The van der Waals surface area contributed by atoms with Gasteiger partial charge in [0, 0.05) is 24.1 Å². The molecule has 2 nitrogen and oxygen atoms in total. The first-order chi connectivity index (χ1) is 7.79. The summed E-state index contributed by atoms with van der Waals surface area (Å²) in [6, 6.07) is 5.13. The summed E-state index contributed by atoms with van der Waals surface area (Å²) < 4.78 is 18.4. The predicted octanol–water partition coefficient (Wildman–Crippen LogP) is 2.08. The quantitative estimate of drug-likeness (QED) is 0.875. The van der Waals surface area contributed by atoms with E-state index in [0.29, 0.717) is 6.04 Å². The third-order valence-electron chi connectivity index (χ3n) is 2.71. The number of methoxy groups -OCH3 is 1. The fourth-order valence-electron chi connectivity index (χ4n) is 1.92. The Morgan fingerprint density at radius 2 is 2.44 bits per heavy atom. The highest BCUT2D eigenvalue weighted by atomic mass is 32.2. The van der Waals surface area contributed by atoms with Crippen LogP contribution in [-0.2, 0) is 6.42 Å². The number of nitrogens with one attached hydrogen (secondary N) is 1. The van der Waals surface area contributed by atoms with Gasteiger partial charge in [0.05, 0.1) is 7.11 Å². The summed E-state index contributed by atoms with van der Waals surface area (Å²) in [5.41, 5.74) is 0.947. The Bertz CT molecular complexity index is 353. The Hall–Kier alpha value is -0.740. The van der Waals surface area contributed by atoms with Crippen molar-refractivity contribution in [2.24, 2.45) is 0 Å². The fourth-order valence-corrected chi connectivity index (χ4v) is 2.87. The SMILES string of the molecule is COc1ccc(F)cc1CC1CSCCN1. The number of hydrogen-bond acceptors (Lipinski definition) is 3. The Balaban J connectivity index is 2.09. The molecule has 1 atom stereocenters. The van der Waals surface area contributed by atoms with Crippen LogP contribution in [-0.4, -0.2) is 31.2 Å². The van der Waals surface area contributed by atoms with Crippen molar-refractivity contribution in [1.29, 1.82) is 0 Å². The molecule has 1 saturated heterocycles. The molecule has 0 bridgehead atoms. The molecule has 4 heteroatoms. The summed E-state index contributed by atoms with van der Waals surface area (Å²) in [4.78, 5) is 0. The van der Waals surface area contributed by atoms with Gasteiger partial charge in [0.15, 0.2) is 0 Å². The summed E-state index contributed by atoms with van der Waals surface area (Å²) >= 11 is 1.94. The van der Waals surface area contributed by atoms with Crippen LogP contribution in [0.5, 0.6) is 5.75 Å². The first kappa shape index (κ1) is 11.7.